The Morgan fingerprint density at radius 3 is 2.76 bits per heavy atom. The van der Waals surface area contributed by atoms with Crippen molar-refractivity contribution in [2.45, 2.75) is 38.8 Å². The average molecular weight is 240 g/mol. The van der Waals surface area contributed by atoms with Crippen LogP contribution in [0.15, 0.2) is 12.7 Å². The molecule has 0 spiro atoms. The van der Waals surface area contributed by atoms with Gasteiger partial charge in [-0.3, -0.25) is 0 Å². The molecule has 0 radical (unpaired) electrons. The Bertz CT molecular complexity index is 317. The smallest absolute Gasteiger partial charge is 0.326 e. The maximum atomic E-state index is 11.9. The van der Waals surface area contributed by atoms with Crippen molar-refractivity contribution >= 4 is 12.0 Å². The summed E-state index contributed by atoms with van der Waals surface area (Å²) in [6.45, 7) is 7.75. The first kappa shape index (κ1) is 13.5. The van der Waals surface area contributed by atoms with Gasteiger partial charge in [0.1, 0.15) is 6.04 Å². The Morgan fingerprint density at radius 2 is 2.24 bits per heavy atom. The number of carboxylic acid groups (broad SMARTS) is 1. The second-order valence-electron chi connectivity index (χ2n) is 4.57. The molecule has 0 saturated carbocycles. The third kappa shape index (κ3) is 3.22. The number of nitrogens with zero attached hydrogens (tertiary/aromatic N) is 1. The molecule has 0 aromatic heterocycles. The van der Waals surface area contributed by atoms with Crippen molar-refractivity contribution in [1.82, 2.24) is 10.2 Å². The zero-order chi connectivity index (χ0) is 13.0. The Labute approximate surface area is 101 Å². The monoisotopic (exact) mass is 240 g/mol. The van der Waals surface area contributed by atoms with E-state index in [2.05, 4.69) is 11.9 Å². The molecule has 17 heavy (non-hydrogen) atoms. The van der Waals surface area contributed by atoms with Crippen LogP contribution >= 0.6 is 0 Å². The van der Waals surface area contributed by atoms with Gasteiger partial charge in [-0.25, -0.2) is 9.59 Å². The molecule has 0 aromatic carbocycles. The lowest BCUT2D eigenvalue weighted by atomic mass is 9.91. The summed E-state index contributed by atoms with van der Waals surface area (Å²) in [6.07, 6.45) is 3.31. The Kier molecular flexibility index (Phi) is 4.54. The number of amides is 2. The number of carbonyl (C=O) groups excluding carboxylic acids is 1. The maximum Gasteiger partial charge on any atom is 0.326 e. The van der Waals surface area contributed by atoms with Gasteiger partial charge < -0.3 is 15.3 Å². The van der Waals surface area contributed by atoms with Gasteiger partial charge in [-0.2, -0.15) is 0 Å². The lowest BCUT2D eigenvalue weighted by Gasteiger charge is -2.37. The molecule has 96 valence electrons. The van der Waals surface area contributed by atoms with Gasteiger partial charge in [0.15, 0.2) is 0 Å². The van der Waals surface area contributed by atoms with Crippen LogP contribution in [-0.4, -0.2) is 40.6 Å². The highest BCUT2D eigenvalue weighted by atomic mass is 16.4. The molecule has 1 fully saturated rings. The molecular weight excluding hydrogens is 220 g/mol. The van der Waals surface area contributed by atoms with E-state index in [-0.39, 0.29) is 18.0 Å². The standard InChI is InChI=1S/C12H20N2O3/c1-4-9(3)13-12(17)14-7-5-6-8(2)10(14)11(15)16/h4,8-10H,1,5-7H2,2-3H3,(H,13,17)(H,15,16). The Morgan fingerprint density at radius 1 is 1.59 bits per heavy atom. The molecule has 5 nitrogen and oxygen atoms in total. The van der Waals surface area contributed by atoms with Crippen LogP contribution in [0, 0.1) is 5.92 Å². The molecule has 0 aromatic rings. The van der Waals surface area contributed by atoms with Crippen molar-refractivity contribution in [3.05, 3.63) is 12.7 Å². The Hall–Kier alpha value is -1.52. The number of likely N-dealkylation sites (tertiary alicyclic amines) is 1. The molecule has 2 N–H and O–H groups in total. The fraction of sp³-hybridized carbons (Fsp3) is 0.667. The van der Waals surface area contributed by atoms with E-state index in [1.807, 2.05) is 6.92 Å². The highest BCUT2D eigenvalue weighted by Gasteiger charge is 2.37. The fourth-order valence-corrected chi connectivity index (χ4v) is 2.13. The van der Waals surface area contributed by atoms with E-state index in [1.165, 1.54) is 4.90 Å². The number of aliphatic carboxylic acids is 1. The van der Waals surface area contributed by atoms with Crippen LogP contribution in [0.1, 0.15) is 26.7 Å². The highest BCUT2D eigenvalue weighted by Crippen LogP contribution is 2.23. The molecule has 1 aliphatic rings. The predicted molar refractivity (Wildman–Crippen MR) is 64.7 cm³/mol. The molecule has 5 heteroatoms. The summed E-state index contributed by atoms with van der Waals surface area (Å²) in [5, 5.41) is 11.9. The molecule has 1 rings (SSSR count). The van der Waals surface area contributed by atoms with Gasteiger partial charge in [-0.15, -0.1) is 6.58 Å². The van der Waals surface area contributed by atoms with Crippen molar-refractivity contribution in [3.63, 3.8) is 0 Å². The van der Waals surface area contributed by atoms with E-state index in [0.29, 0.717) is 6.54 Å². The number of carboxylic acids is 1. The van der Waals surface area contributed by atoms with Gasteiger partial charge in [-0.1, -0.05) is 13.0 Å². The highest BCUT2D eigenvalue weighted by molar-refractivity contribution is 5.83. The molecule has 1 saturated heterocycles. The molecular formula is C12H20N2O3. The van der Waals surface area contributed by atoms with Gasteiger partial charge >= 0.3 is 12.0 Å². The van der Waals surface area contributed by atoms with Crippen LogP contribution < -0.4 is 5.32 Å². The van der Waals surface area contributed by atoms with Gasteiger partial charge in [0.05, 0.1) is 0 Å². The van der Waals surface area contributed by atoms with Crippen LogP contribution in [0.3, 0.4) is 0 Å². The van der Waals surface area contributed by atoms with Crippen LogP contribution in [0.25, 0.3) is 0 Å². The summed E-state index contributed by atoms with van der Waals surface area (Å²) in [5.74, 6) is -0.940. The van der Waals surface area contributed by atoms with Gasteiger partial charge in [0.2, 0.25) is 0 Å². The summed E-state index contributed by atoms with van der Waals surface area (Å²) in [5.41, 5.74) is 0. The van der Waals surface area contributed by atoms with E-state index < -0.39 is 12.0 Å². The summed E-state index contributed by atoms with van der Waals surface area (Å²) in [7, 11) is 0. The van der Waals surface area contributed by atoms with Crippen LogP contribution in [0.2, 0.25) is 0 Å². The van der Waals surface area contributed by atoms with Crippen molar-refractivity contribution in [1.29, 1.82) is 0 Å². The quantitative estimate of drug-likeness (QED) is 0.734. The minimum Gasteiger partial charge on any atom is -0.480 e. The number of piperidine rings is 1. The van der Waals surface area contributed by atoms with E-state index >= 15 is 0 Å². The molecule has 0 bridgehead atoms. The third-order valence-corrected chi connectivity index (χ3v) is 3.15. The first-order valence-corrected chi connectivity index (χ1v) is 5.90. The number of rotatable bonds is 3. The molecule has 0 aliphatic carbocycles. The maximum absolute atomic E-state index is 11.9. The first-order valence-electron chi connectivity index (χ1n) is 5.90. The van der Waals surface area contributed by atoms with Crippen LogP contribution in [0.5, 0.6) is 0 Å². The van der Waals surface area contributed by atoms with Crippen LogP contribution in [-0.2, 0) is 4.79 Å². The second kappa shape index (κ2) is 5.70. The topological polar surface area (TPSA) is 69.6 Å². The molecule has 1 aliphatic heterocycles. The summed E-state index contributed by atoms with van der Waals surface area (Å²) in [6, 6.07) is -1.20. The predicted octanol–water partition coefficient (Wildman–Crippen LogP) is 1.46. The molecule has 1 heterocycles. The molecule has 3 unspecified atom stereocenters. The van der Waals surface area contributed by atoms with E-state index in [4.69, 9.17) is 0 Å². The summed E-state index contributed by atoms with van der Waals surface area (Å²) < 4.78 is 0. The number of hydrogen-bond acceptors (Lipinski definition) is 2. The Balaban J connectivity index is 2.75. The number of hydrogen-bond donors (Lipinski definition) is 2. The van der Waals surface area contributed by atoms with Crippen LogP contribution in [0.4, 0.5) is 4.79 Å². The van der Waals surface area contributed by atoms with E-state index in [0.717, 1.165) is 12.8 Å². The van der Waals surface area contributed by atoms with Crippen molar-refractivity contribution in [2.75, 3.05) is 6.54 Å². The average Bonchev–Trinajstić information content (AvgIpc) is 2.27. The number of carbonyl (C=O) groups is 2. The molecule has 2 amide bonds. The fourth-order valence-electron chi connectivity index (χ4n) is 2.13. The lowest BCUT2D eigenvalue weighted by molar-refractivity contribution is -0.145. The van der Waals surface area contributed by atoms with Gasteiger partial charge in [0, 0.05) is 12.6 Å². The number of nitrogens with one attached hydrogen (secondary N) is 1. The van der Waals surface area contributed by atoms with E-state index in [1.54, 1.807) is 13.0 Å². The summed E-state index contributed by atoms with van der Waals surface area (Å²) >= 11 is 0. The minimum atomic E-state index is -0.932. The SMILES string of the molecule is C=CC(C)NC(=O)N1CCCC(C)C1C(=O)O. The zero-order valence-corrected chi connectivity index (χ0v) is 10.3. The second-order valence-corrected chi connectivity index (χ2v) is 4.57. The van der Waals surface area contributed by atoms with Crippen molar-refractivity contribution in [2.24, 2.45) is 5.92 Å². The van der Waals surface area contributed by atoms with Gasteiger partial charge in [-0.05, 0) is 25.7 Å². The zero-order valence-electron chi connectivity index (χ0n) is 10.3. The summed E-state index contributed by atoms with van der Waals surface area (Å²) in [4.78, 5) is 24.5. The third-order valence-electron chi connectivity index (χ3n) is 3.15. The van der Waals surface area contributed by atoms with Crippen molar-refractivity contribution in [3.8, 4) is 0 Å². The lowest BCUT2D eigenvalue weighted by Crippen LogP contribution is -2.56. The first-order chi connectivity index (χ1) is 7.97. The largest absolute Gasteiger partial charge is 0.480 e. The normalized spacial score (nSPS) is 26.1. The number of urea groups is 1. The van der Waals surface area contributed by atoms with Crippen molar-refractivity contribution < 1.29 is 14.7 Å². The molecule has 3 atom stereocenters. The van der Waals surface area contributed by atoms with Gasteiger partial charge in [0.25, 0.3) is 0 Å². The minimum absolute atomic E-state index is 0.00830. The van der Waals surface area contributed by atoms with E-state index in [9.17, 15) is 14.7 Å².